The van der Waals surface area contributed by atoms with E-state index >= 15 is 0 Å². The zero-order chi connectivity index (χ0) is 24.1. The lowest BCUT2D eigenvalue weighted by Crippen LogP contribution is -2.36. The minimum Gasteiger partial charge on any atom is -0.380 e. The summed E-state index contributed by atoms with van der Waals surface area (Å²) in [6, 6.07) is 0. The van der Waals surface area contributed by atoms with Gasteiger partial charge in [-0.25, -0.2) is 0 Å². The van der Waals surface area contributed by atoms with Gasteiger partial charge in [-0.05, 0) is 56.3 Å². The second kappa shape index (κ2) is 14.9. The lowest BCUT2D eigenvalue weighted by Gasteiger charge is -2.29. The first-order chi connectivity index (χ1) is 14.3. The SMILES string of the molecule is CCN(CCCCCN(CC)C(=O)CC(C)(C)COCC(C)(C)C)C(=O)CCC(C)C. The minimum absolute atomic E-state index is 0.141. The van der Waals surface area contributed by atoms with E-state index in [2.05, 4.69) is 55.4 Å². The summed E-state index contributed by atoms with van der Waals surface area (Å²) in [5.41, 5.74) is -0.0182. The van der Waals surface area contributed by atoms with Crippen molar-refractivity contribution in [1.82, 2.24) is 9.80 Å². The van der Waals surface area contributed by atoms with Crippen LogP contribution in [0.1, 0.15) is 101 Å². The first-order valence-corrected chi connectivity index (χ1v) is 12.4. The van der Waals surface area contributed by atoms with Gasteiger partial charge >= 0.3 is 0 Å². The van der Waals surface area contributed by atoms with Crippen LogP contribution in [0.3, 0.4) is 0 Å². The molecule has 0 N–H and O–H groups in total. The van der Waals surface area contributed by atoms with Crippen LogP contribution in [0.5, 0.6) is 0 Å². The number of hydrogen-bond acceptors (Lipinski definition) is 3. The summed E-state index contributed by atoms with van der Waals surface area (Å²) in [7, 11) is 0. The summed E-state index contributed by atoms with van der Waals surface area (Å²) < 4.78 is 5.87. The van der Waals surface area contributed by atoms with Gasteiger partial charge in [0.1, 0.15) is 0 Å². The van der Waals surface area contributed by atoms with Gasteiger partial charge < -0.3 is 14.5 Å². The maximum Gasteiger partial charge on any atom is 0.223 e. The maximum absolute atomic E-state index is 12.8. The standard InChI is InChI=1S/C26H52N2O3/c1-10-27(23(29)16-15-22(3)4)17-13-12-14-18-28(11-2)24(30)19-26(8,9)21-31-20-25(5,6)7/h22H,10-21H2,1-9H3. The molecule has 0 spiro atoms. The lowest BCUT2D eigenvalue weighted by atomic mass is 9.89. The summed E-state index contributed by atoms with van der Waals surface area (Å²) in [5.74, 6) is 1.05. The zero-order valence-electron chi connectivity index (χ0n) is 22.2. The number of unbranched alkanes of at least 4 members (excludes halogenated alkanes) is 2. The fraction of sp³-hybridized carbons (Fsp3) is 0.923. The molecule has 0 atom stereocenters. The van der Waals surface area contributed by atoms with Crippen molar-refractivity contribution in [2.45, 2.75) is 101 Å². The molecule has 5 heteroatoms. The van der Waals surface area contributed by atoms with Crippen molar-refractivity contribution in [3.05, 3.63) is 0 Å². The highest BCUT2D eigenvalue weighted by molar-refractivity contribution is 5.77. The molecule has 31 heavy (non-hydrogen) atoms. The average molecular weight is 441 g/mol. The third-order valence-electron chi connectivity index (χ3n) is 5.42. The van der Waals surface area contributed by atoms with Gasteiger partial charge in [-0.2, -0.15) is 0 Å². The summed E-state index contributed by atoms with van der Waals surface area (Å²) in [6.45, 7) is 23.6. The van der Waals surface area contributed by atoms with Crippen LogP contribution in [-0.4, -0.2) is 61.0 Å². The van der Waals surface area contributed by atoms with Crippen molar-refractivity contribution in [2.24, 2.45) is 16.7 Å². The Labute approximate surface area is 193 Å². The molecule has 184 valence electrons. The molecule has 0 rings (SSSR count). The van der Waals surface area contributed by atoms with Crippen LogP contribution in [0.15, 0.2) is 0 Å². The number of carbonyl (C=O) groups excluding carboxylic acids is 2. The second-order valence-electron chi connectivity index (χ2n) is 11.3. The first-order valence-electron chi connectivity index (χ1n) is 12.4. The van der Waals surface area contributed by atoms with E-state index in [9.17, 15) is 9.59 Å². The number of carbonyl (C=O) groups is 2. The van der Waals surface area contributed by atoms with Gasteiger partial charge in [-0.1, -0.05) is 48.5 Å². The maximum atomic E-state index is 12.8. The molecule has 0 heterocycles. The van der Waals surface area contributed by atoms with Gasteiger partial charge in [0.05, 0.1) is 13.2 Å². The van der Waals surface area contributed by atoms with E-state index in [4.69, 9.17) is 4.74 Å². The smallest absolute Gasteiger partial charge is 0.223 e. The summed E-state index contributed by atoms with van der Waals surface area (Å²) in [4.78, 5) is 29.1. The molecule has 0 saturated carbocycles. The predicted molar refractivity (Wildman–Crippen MR) is 131 cm³/mol. The molecule has 2 amide bonds. The molecule has 0 bridgehead atoms. The van der Waals surface area contributed by atoms with Crippen molar-refractivity contribution < 1.29 is 14.3 Å². The zero-order valence-corrected chi connectivity index (χ0v) is 22.2. The van der Waals surface area contributed by atoms with Crippen LogP contribution in [0.4, 0.5) is 0 Å². The highest BCUT2D eigenvalue weighted by Crippen LogP contribution is 2.24. The normalized spacial score (nSPS) is 12.3. The van der Waals surface area contributed by atoms with E-state index in [0.29, 0.717) is 32.0 Å². The molecule has 0 radical (unpaired) electrons. The largest absolute Gasteiger partial charge is 0.380 e. The quantitative estimate of drug-likeness (QED) is 0.286. The Balaban J connectivity index is 4.28. The first kappa shape index (κ1) is 29.9. The van der Waals surface area contributed by atoms with Crippen molar-refractivity contribution >= 4 is 11.8 Å². The molecule has 0 aromatic rings. The highest BCUT2D eigenvalue weighted by atomic mass is 16.5. The van der Waals surface area contributed by atoms with E-state index in [0.717, 1.165) is 51.9 Å². The number of nitrogens with zero attached hydrogens (tertiary/aromatic N) is 2. The van der Waals surface area contributed by atoms with Gasteiger partial charge in [-0.3, -0.25) is 9.59 Å². The molecule has 0 aliphatic rings. The Kier molecular flexibility index (Phi) is 14.3. The molecule has 5 nitrogen and oxygen atoms in total. The third-order valence-corrected chi connectivity index (χ3v) is 5.42. The van der Waals surface area contributed by atoms with Crippen LogP contribution in [0, 0.1) is 16.7 Å². The van der Waals surface area contributed by atoms with Crippen LogP contribution < -0.4 is 0 Å². The Hall–Kier alpha value is -1.10. The molecule has 0 aromatic heterocycles. The van der Waals surface area contributed by atoms with E-state index in [1.807, 2.05) is 16.7 Å². The number of rotatable bonds is 16. The fourth-order valence-corrected chi connectivity index (χ4v) is 3.48. The molecule has 0 aliphatic carbocycles. The van der Waals surface area contributed by atoms with Gasteiger partial charge in [0.25, 0.3) is 0 Å². The monoisotopic (exact) mass is 440 g/mol. The van der Waals surface area contributed by atoms with Gasteiger partial charge in [-0.15, -0.1) is 0 Å². The van der Waals surface area contributed by atoms with Crippen LogP contribution in [0.25, 0.3) is 0 Å². The van der Waals surface area contributed by atoms with E-state index in [1.54, 1.807) is 0 Å². The van der Waals surface area contributed by atoms with Crippen molar-refractivity contribution in [2.75, 3.05) is 39.4 Å². The van der Waals surface area contributed by atoms with E-state index in [-0.39, 0.29) is 22.6 Å². The van der Waals surface area contributed by atoms with Gasteiger partial charge in [0, 0.05) is 39.0 Å². The van der Waals surface area contributed by atoms with Crippen LogP contribution in [-0.2, 0) is 14.3 Å². The Bertz CT molecular complexity index is 509. The van der Waals surface area contributed by atoms with Gasteiger partial charge in [0.15, 0.2) is 0 Å². The molecule has 0 saturated heterocycles. The van der Waals surface area contributed by atoms with E-state index in [1.165, 1.54) is 0 Å². The van der Waals surface area contributed by atoms with Gasteiger partial charge in [0.2, 0.25) is 11.8 Å². The molecule has 0 aromatic carbocycles. The summed E-state index contributed by atoms with van der Waals surface area (Å²) in [6.07, 6.45) is 5.14. The second-order valence-corrected chi connectivity index (χ2v) is 11.3. The topological polar surface area (TPSA) is 49.9 Å². The molecule has 0 fully saturated rings. The van der Waals surface area contributed by atoms with Crippen LogP contribution >= 0.6 is 0 Å². The molecular formula is C26H52N2O3. The average Bonchev–Trinajstić information content (AvgIpc) is 2.63. The van der Waals surface area contributed by atoms with Crippen molar-refractivity contribution in [3.63, 3.8) is 0 Å². The predicted octanol–water partition coefficient (Wildman–Crippen LogP) is 5.77. The number of ether oxygens (including phenoxy) is 1. The summed E-state index contributed by atoms with van der Waals surface area (Å²) >= 11 is 0. The summed E-state index contributed by atoms with van der Waals surface area (Å²) in [5, 5.41) is 0. The van der Waals surface area contributed by atoms with Crippen molar-refractivity contribution in [3.8, 4) is 0 Å². The molecule has 0 aliphatic heterocycles. The molecular weight excluding hydrogens is 388 g/mol. The number of amides is 2. The molecule has 0 unspecified atom stereocenters. The minimum atomic E-state index is -0.159. The third kappa shape index (κ3) is 15.4. The van der Waals surface area contributed by atoms with Crippen LogP contribution in [0.2, 0.25) is 0 Å². The van der Waals surface area contributed by atoms with E-state index < -0.39 is 0 Å². The van der Waals surface area contributed by atoms with Crippen molar-refractivity contribution in [1.29, 1.82) is 0 Å². The Morgan fingerprint density at radius 1 is 0.806 bits per heavy atom. The number of hydrogen-bond donors (Lipinski definition) is 0. The Morgan fingerprint density at radius 2 is 1.32 bits per heavy atom. The Morgan fingerprint density at radius 3 is 1.77 bits per heavy atom. The fourth-order valence-electron chi connectivity index (χ4n) is 3.48. The highest BCUT2D eigenvalue weighted by Gasteiger charge is 2.26. The lowest BCUT2D eigenvalue weighted by molar-refractivity contribution is -0.134.